The van der Waals surface area contributed by atoms with Gasteiger partial charge in [-0.2, -0.15) is 0 Å². The van der Waals surface area contributed by atoms with Crippen LogP contribution in [0.4, 0.5) is 0 Å². The molecule has 0 radical (unpaired) electrons. The fraction of sp³-hybridized carbons (Fsp3) is 0.682. The molecular weight excluding hydrogens is 370 g/mol. The zero-order valence-electron chi connectivity index (χ0n) is 17.5. The van der Waals surface area contributed by atoms with Crippen LogP contribution in [0.3, 0.4) is 0 Å². The van der Waals surface area contributed by atoms with E-state index in [2.05, 4.69) is 38.5 Å². The van der Waals surface area contributed by atoms with Crippen LogP contribution in [0.5, 0.6) is 0 Å². The average Bonchev–Trinajstić information content (AvgIpc) is 2.73. The second-order valence-corrected chi connectivity index (χ2v) is 8.74. The van der Waals surface area contributed by atoms with E-state index in [9.17, 15) is 0 Å². The molecule has 156 valence electrons. The lowest BCUT2D eigenvalue weighted by molar-refractivity contribution is 0.0173. The molecule has 2 N–H and O–H groups in total. The van der Waals surface area contributed by atoms with E-state index in [0.29, 0.717) is 0 Å². The van der Waals surface area contributed by atoms with Crippen molar-refractivity contribution in [2.75, 3.05) is 53.4 Å². The molecule has 2 fully saturated rings. The molecule has 0 bridgehead atoms. The van der Waals surface area contributed by atoms with Crippen molar-refractivity contribution in [2.24, 2.45) is 4.99 Å². The summed E-state index contributed by atoms with van der Waals surface area (Å²) < 4.78 is 0. The molecule has 28 heavy (non-hydrogen) atoms. The Morgan fingerprint density at radius 1 is 1.11 bits per heavy atom. The van der Waals surface area contributed by atoms with Gasteiger partial charge in [-0.15, -0.1) is 0 Å². The Balaban J connectivity index is 1.53. The number of hydrogen-bond acceptors (Lipinski definition) is 3. The summed E-state index contributed by atoms with van der Waals surface area (Å²) in [5, 5.41) is 7.91. The topological polar surface area (TPSA) is 42.9 Å². The number of nitrogens with zero attached hydrogens (tertiary/aromatic N) is 3. The summed E-state index contributed by atoms with van der Waals surface area (Å²) in [4.78, 5) is 9.67. The van der Waals surface area contributed by atoms with Crippen LogP contribution in [0.1, 0.15) is 37.7 Å². The first-order valence-corrected chi connectivity index (χ1v) is 11.1. The average molecular weight is 406 g/mol. The van der Waals surface area contributed by atoms with E-state index >= 15 is 0 Å². The van der Waals surface area contributed by atoms with Crippen molar-refractivity contribution in [3.8, 4) is 0 Å². The summed E-state index contributed by atoms with van der Waals surface area (Å²) in [6.07, 6.45) is 7.45. The maximum atomic E-state index is 6.08. The Bertz CT molecular complexity index is 634. The van der Waals surface area contributed by atoms with E-state index in [4.69, 9.17) is 11.6 Å². The van der Waals surface area contributed by atoms with E-state index in [0.717, 1.165) is 30.5 Å². The number of guanidine groups is 1. The van der Waals surface area contributed by atoms with Gasteiger partial charge in [0, 0.05) is 30.7 Å². The SMILES string of the molecule is CN=C(NCCc1cccc(Cl)c1)NCC1(N2CCCCC2)CCN(C)CC1. The van der Waals surface area contributed by atoms with Crippen LogP contribution < -0.4 is 10.6 Å². The van der Waals surface area contributed by atoms with Crippen molar-refractivity contribution in [1.29, 1.82) is 0 Å². The fourth-order valence-corrected chi connectivity index (χ4v) is 4.71. The normalized spacial score (nSPS) is 21.5. The lowest BCUT2D eigenvalue weighted by Gasteiger charge is -2.50. The van der Waals surface area contributed by atoms with Crippen molar-refractivity contribution in [2.45, 2.75) is 44.1 Å². The zero-order chi connectivity index (χ0) is 19.8. The molecule has 5 nitrogen and oxygen atoms in total. The van der Waals surface area contributed by atoms with Crippen LogP contribution in [-0.4, -0.2) is 74.7 Å². The van der Waals surface area contributed by atoms with Gasteiger partial charge in [0.05, 0.1) is 0 Å². The van der Waals surface area contributed by atoms with Crippen LogP contribution in [0.15, 0.2) is 29.3 Å². The molecule has 2 heterocycles. The summed E-state index contributed by atoms with van der Waals surface area (Å²) in [5.74, 6) is 0.900. The van der Waals surface area contributed by atoms with Crippen molar-refractivity contribution >= 4 is 17.6 Å². The summed E-state index contributed by atoms with van der Waals surface area (Å²) in [6.45, 7) is 6.66. The number of likely N-dealkylation sites (tertiary alicyclic amines) is 2. The van der Waals surface area contributed by atoms with Crippen LogP contribution in [0.2, 0.25) is 5.02 Å². The van der Waals surface area contributed by atoms with Crippen LogP contribution in [0.25, 0.3) is 0 Å². The zero-order valence-corrected chi connectivity index (χ0v) is 18.3. The number of nitrogens with one attached hydrogen (secondary N) is 2. The number of benzene rings is 1. The Kier molecular flexibility index (Phi) is 8.00. The maximum absolute atomic E-state index is 6.08. The molecular formula is C22H36ClN5. The number of aliphatic imine (C=N–C) groups is 1. The molecule has 0 atom stereocenters. The summed E-state index contributed by atoms with van der Waals surface area (Å²) in [5.41, 5.74) is 1.51. The molecule has 2 saturated heterocycles. The second kappa shape index (κ2) is 10.5. The molecule has 0 unspecified atom stereocenters. The van der Waals surface area contributed by atoms with E-state index in [1.807, 2.05) is 25.2 Å². The molecule has 6 heteroatoms. The molecule has 2 aliphatic heterocycles. The van der Waals surface area contributed by atoms with Crippen molar-refractivity contribution < 1.29 is 0 Å². The summed E-state index contributed by atoms with van der Waals surface area (Å²) in [7, 11) is 4.10. The third-order valence-electron chi connectivity index (χ3n) is 6.35. The Hall–Kier alpha value is -1.30. The second-order valence-electron chi connectivity index (χ2n) is 8.31. The number of rotatable bonds is 6. The first-order valence-electron chi connectivity index (χ1n) is 10.7. The quantitative estimate of drug-likeness (QED) is 0.564. The van der Waals surface area contributed by atoms with Gasteiger partial charge in [-0.25, -0.2) is 0 Å². The van der Waals surface area contributed by atoms with E-state index < -0.39 is 0 Å². The molecule has 3 rings (SSSR count). The largest absolute Gasteiger partial charge is 0.356 e. The van der Waals surface area contributed by atoms with E-state index in [-0.39, 0.29) is 5.54 Å². The van der Waals surface area contributed by atoms with E-state index in [1.54, 1.807) is 0 Å². The van der Waals surface area contributed by atoms with Crippen LogP contribution >= 0.6 is 11.6 Å². The minimum Gasteiger partial charge on any atom is -0.356 e. The number of piperidine rings is 2. The first-order chi connectivity index (χ1) is 13.6. The molecule has 0 amide bonds. The summed E-state index contributed by atoms with van der Waals surface area (Å²) in [6, 6.07) is 8.07. The number of hydrogen-bond donors (Lipinski definition) is 2. The lowest BCUT2D eigenvalue weighted by Crippen LogP contribution is -2.62. The van der Waals surface area contributed by atoms with Gasteiger partial charge in [-0.1, -0.05) is 30.2 Å². The monoisotopic (exact) mass is 405 g/mol. The highest BCUT2D eigenvalue weighted by atomic mass is 35.5. The maximum Gasteiger partial charge on any atom is 0.191 e. The van der Waals surface area contributed by atoms with Crippen LogP contribution in [0, 0.1) is 0 Å². The minimum absolute atomic E-state index is 0.261. The van der Waals surface area contributed by atoms with Gasteiger partial charge in [0.25, 0.3) is 0 Å². The van der Waals surface area contributed by atoms with Gasteiger partial charge >= 0.3 is 0 Å². The van der Waals surface area contributed by atoms with Gasteiger partial charge < -0.3 is 15.5 Å². The highest BCUT2D eigenvalue weighted by Crippen LogP contribution is 2.30. The highest BCUT2D eigenvalue weighted by Gasteiger charge is 2.39. The van der Waals surface area contributed by atoms with E-state index in [1.165, 1.54) is 63.8 Å². The first kappa shape index (κ1) is 21.4. The standard InChI is InChI=1S/C22H36ClN5/c1-24-21(25-12-9-19-7-6-8-20(23)17-19)26-18-22(10-15-27(2)16-11-22)28-13-4-3-5-14-28/h6-8,17H,3-5,9-16,18H2,1-2H3,(H2,24,25,26). The van der Waals surface area contributed by atoms with Gasteiger partial charge in [0.1, 0.15) is 0 Å². The Morgan fingerprint density at radius 2 is 1.86 bits per heavy atom. The van der Waals surface area contributed by atoms with Gasteiger partial charge in [-0.05, 0) is 83.0 Å². The molecule has 0 aliphatic carbocycles. The minimum atomic E-state index is 0.261. The molecule has 0 spiro atoms. The van der Waals surface area contributed by atoms with Gasteiger partial charge in [0.2, 0.25) is 0 Å². The molecule has 1 aromatic rings. The smallest absolute Gasteiger partial charge is 0.191 e. The van der Waals surface area contributed by atoms with Gasteiger partial charge in [-0.3, -0.25) is 9.89 Å². The lowest BCUT2D eigenvalue weighted by atomic mass is 9.84. The Morgan fingerprint density at radius 3 is 2.54 bits per heavy atom. The predicted octanol–water partition coefficient (Wildman–Crippen LogP) is 3.00. The molecule has 2 aliphatic rings. The molecule has 0 saturated carbocycles. The van der Waals surface area contributed by atoms with Crippen molar-refractivity contribution in [3.05, 3.63) is 34.9 Å². The third kappa shape index (κ3) is 5.85. The number of halogens is 1. The van der Waals surface area contributed by atoms with Crippen molar-refractivity contribution in [1.82, 2.24) is 20.4 Å². The predicted molar refractivity (Wildman–Crippen MR) is 119 cm³/mol. The van der Waals surface area contributed by atoms with Crippen LogP contribution in [-0.2, 0) is 6.42 Å². The molecule has 1 aromatic carbocycles. The summed E-state index contributed by atoms with van der Waals surface area (Å²) >= 11 is 6.08. The highest BCUT2D eigenvalue weighted by molar-refractivity contribution is 6.30. The fourth-order valence-electron chi connectivity index (χ4n) is 4.49. The third-order valence-corrected chi connectivity index (χ3v) is 6.58. The van der Waals surface area contributed by atoms with Crippen molar-refractivity contribution in [3.63, 3.8) is 0 Å². The molecule has 0 aromatic heterocycles. The van der Waals surface area contributed by atoms with Gasteiger partial charge in [0.15, 0.2) is 5.96 Å². The Labute approximate surface area is 175 Å².